The van der Waals surface area contributed by atoms with Crippen molar-refractivity contribution in [3.63, 3.8) is 0 Å². The molecule has 3 nitrogen and oxygen atoms in total. The number of nitrogens with zero attached hydrogens (tertiary/aromatic N) is 1. The number of hydrogen-bond acceptors (Lipinski definition) is 2. The molecular weight excluding hydrogens is 311 g/mol. The lowest BCUT2D eigenvalue weighted by Crippen LogP contribution is -2.38. The van der Waals surface area contributed by atoms with Gasteiger partial charge in [-0.15, -0.1) is 0 Å². The van der Waals surface area contributed by atoms with E-state index in [4.69, 9.17) is 0 Å². The third-order valence-corrected chi connectivity index (χ3v) is 4.08. The lowest BCUT2D eigenvalue weighted by molar-refractivity contribution is -0.136. The minimum absolute atomic E-state index is 0.0984. The Morgan fingerprint density at radius 1 is 1.53 bits per heavy atom. The summed E-state index contributed by atoms with van der Waals surface area (Å²) < 4.78 is 14.5. The first-order valence-corrected chi connectivity index (χ1v) is 7.12. The van der Waals surface area contributed by atoms with E-state index in [1.54, 1.807) is 24.1 Å². The highest BCUT2D eigenvalue weighted by molar-refractivity contribution is 9.10. The van der Waals surface area contributed by atoms with Crippen LogP contribution < -0.4 is 5.32 Å². The largest absolute Gasteiger partial charge is 0.341 e. The number of carbonyl (C=O) groups is 1. The minimum Gasteiger partial charge on any atom is -0.341 e. The van der Waals surface area contributed by atoms with Crippen molar-refractivity contribution in [3.05, 3.63) is 34.1 Å². The van der Waals surface area contributed by atoms with Crippen LogP contribution in [-0.4, -0.2) is 31.4 Å². The number of benzene rings is 1. The van der Waals surface area contributed by atoms with Gasteiger partial charge in [0, 0.05) is 30.2 Å². The molecule has 0 aromatic heterocycles. The van der Waals surface area contributed by atoms with Crippen LogP contribution in [0.5, 0.6) is 0 Å². The van der Waals surface area contributed by atoms with Crippen LogP contribution in [0.3, 0.4) is 0 Å². The molecule has 0 saturated heterocycles. The molecule has 0 aliphatic heterocycles. The molecule has 2 rings (SSSR count). The summed E-state index contributed by atoms with van der Waals surface area (Å²) in [6.07, 6.45) is 1.83. The van der Waals surface area contributed by atoms with E-state index in [0.717, 1.165) is 17.3 Å². The van der Waals surface area contributed by atoms with Crippen LogP contribution >= 0.6 is 15.9 Å². The second-order valence-electron chi connectivity index (χ2n) is 5.21. The van der Waals surface area contributed by atoms with Crippen molar-refractivity contribution in [2.45, 2.75) is 19.4 Å². The van der Waals surface area contributed by atoms with Crippen molar-refractivity contribution in [1.82, 2.24) is 10.2 Å². The van der Waals surface area contributed by atoms with Crippen molar-refractivity contribution >= 4 is 21.8 Å². The highest BCUT2D eigenvalue weighted by atomic mass is 79.9. The number of halogens is 2. The van der Waals surface area contributed by atoms with Crippen molar-refractivity contribution in [2.75, 3.05) is 20.6 Å². The summed E-state index contributed by atoms with van der Waals surface area (Å²) in [7, 11) is 3.58. The zero-order valence-electron chi connectivity index (χ0n) is 11.2. The molecule has 1 aliphatic carbocycles. The van der Waals surface area contributed by atoms with Gasteiger partial charge in [-0.2, -0.15) is 0 Å². The molecule has 1 N–H and O–H groups in total. The van der Waals surface area contributed by atoms with E-state index in [0.29, 0.717) is 18.7 Å². The van der Waals surface area contributed by atoms with Crippen LogP contribution in [0.25, 0.3) is 0 Å². The van der Waals surface area contributed by atoms with Gasteiger partial charge in [-0.25, -0.2) is 4.39 Å². The molecule has 5 heteroatoms. The summed E-state index contributed by atoms with van der Waals surface area (Å²) in [5, 5.41) is 3.06. The first-order valence-electron chi connectivity index (χ1n) is 6.32. The fraction of sp³-hybridized carbons (Fsp3) is 0.500. The van der Waals surface area contributed by atoms with Crippen LogP contribution in [0.4, 0.5) is 4.39 Å². The van der Waals surface area contributed by atoms with E-state index in [-0.39, 0.29) is 17.1 Å². The van der Waals surface area contributed by atoms with Crippen molar-refractivity contribution in [2.24, 2.45) is 5.41 Å². The molecule has 0 spiro atoms. The molecule has 1 aromatic rings. The van der Waals surface area contributed by atoms with Crippen molar-refractivity contribution in [1.29, 1.82) is 0 Å². The van der Waals surface area contributed by atoms with E-state index < -0.39 is 0 Å². The molecule has 1 saturated carbocycles. The standard InChI is InChI=1S/C14H18BrFN2O/c1-17-9-14(5-6-14)13(19)18(2)8-10-7-11(15)3-4-12(10)16/h3-4,7,17H,5-6,8-9H2,1-2H3. The highest BCUT2D eigenvalue weighted by Gasteiger charge is 2.50. The van der Waals surface area contributed by atoms with E-state index >= 15 is 0 Å². The fourth-order valence-electron chi connectivity index (χ4n) is 2.35. The lowest BCUT2D eigenvalue weighted by atomic mass is 10.1. The molecular formula is C14H18BrFN2O. The number of carbonyl (C=O) groups excluding carboxylic acids is 1. The number of rotatable bonds is 5. The molecule has 0 bridgehead atoms. The summed E-state index contributed by atoms with van der Waals surface area (Å²) >= 11 is 3.32. The maximum atomic E-state index is 13.7. The lowest BCUT2D eigenvalue weighted by Gasteiger charge is -2.23. The van der Waals surface area contributed by atoms with Gasteiger partial charge in [-0.3, -0.25) is 4.79 Å². The van der Waals surface area contributed by atoms with E-state index in [1.165, 1.54) is 6.07 Å². The van der Waals surface area contributed by atoms with Crippen molar-refractivity contribution in [3.8, 4) is 0 Å². The molecule has 19 heavy (non-hydrogen) atoms. The highest BCUT2D eigenvalue weighted by Crippen LogP contribution is 2.46. The van der Waals surface area contributed by atoms with Gasteiger partial charge in [0.1, 0.15) is 5.82 Å². The molecule has 0 unspecified atom stereocenters. The Labute approximate surface area is 121 Å². The van der Waals surface area contributed by atoms with Gasteiger partial charge in [-0.05, 0) is 38.1 Å². The fourth-order valence-corrected chi connectivity index (χ4v) is 2.76. The van der Waals surface area contributed by atoms with Crippen LogP contribution in [-0.2, 0) is 11.3 Å². The summed E-state index contributed by atoms with van der Waals surface area (Å²) in [5.74, 6) is -0.178. The number of hydrogen-bond donors (Lipinski definition) is 1. The molecule has 0 atom stereocenters. The Balaban J connectivity index is 2.07. The molecule has 0 heterocycles. The molecule has 1 fully saturated rings. The second-order valence-corrected chi connectivity index (χ2v) is 6.12. The zero-order valence-corrected chi connectivity index (χ0v) is 12.8. The first-order chi connectivity index (χ1) is 8.98. The molecule has 1 aliphatic rings. The van der Waals surface area contributed by atoms with Gasteiger partial charge in [0.15, 0.2) is 0 Å². The minimum atomic E-state index is -0.277. The third-order valence-electron chi connectivity index (χ3n) is 3.58. The predicted octanol–water partition coefficient (Wildman–Crippen LogP) is 2.55. The maximum Gasteiger partial charge on any atom is 0.230 e. The Morgan fingerprint density at radius 3 is 2.79 bits per heavy atom. The van der Waals surface area contributed by atoms with Gasteiger partial charge < -0.3 is 10.2 Å². The second kappa shape index (κ2) is 5.59. The van der Waals surface area contributed by atoms with Gasteiger partial charge in [0.05, 0.1) is 5.41 Å². The Morgan fingerprint density at radius 2 is 2.21 bits per heavy atom. The molecule has 1 aromatic carbocycles. The normalized spacial score (nSPS) is 16.2. The SMILES string of the molecule is CNCC1(C(=O)N(C)Cc2cc(Br)ccc2F)CC1. The maximum absolute atomic E-state index is 13.7. The Bertz CT molecular complexity index is 488. The topological polar surface area (TPSA) is 32.3 Å². The molecule has 1 amide bonds. The zero-order chi connectivity index (χ0) is 14.0. The summed E-state index contributed by atoms with van der Waals surface area (Å²) in [6, 6.07) is 4.79. The summed E-state index contributed by atoms with van der Waals surface area (Å²) in [6.45, 7) is 0.993. The smallest absolute Gasteiger partial charge is 0.230 e. The Hall–Kier alpha value is -0.940. The number of nitrogens with one attached hydrogen (secondary N) is 1. The van der Waals surface area contributed by atoms with Crippen LogP contribution in [0.15, 0.2) is 22.7 Å². The molecule has 0 radical (unpaired) electrons. The average Bonchev–Trinajstić information content (AvgIpc) is 3.14. The van der Waals surface area contributed by atoms with Crippen LogP contribution in [0, 0.1) is 11.2 Å². The van der Waals surface area contributed by atoms with E-state index in [9.17, 15) is 9.18 Å². The number of amides is 1. The Kier molecular flexibility index (Phi) is 4.26. The van der Waals surface area contributed by atoms with Gasteiger partial charge >= 0.3 is 0 Å². The summed E-state index contributed by atoms with van der Waals surface area (Å²) in [4.78, 5) is 14.0. The monoisotopic (exact) mass is 328 g/mol. The summed E-state index contributed by atoms with van der Waals surface area (Å²) in [5.41, 5.74) is 0.275. The van der Waals surface area contributed by atoms with Gasteiger partial charge in [-0.1, -0.05) is 15.9 Å². The third kappa shape index (κ3) is 3.15. The quantitative estimate of drug-likeness (QED) is 0.900. The van der Waals surface area contributed by atoms with Crippen molar-refractivity contribution < 1.29 is 9.18 Å². The predicted molar refractivity (Wildman–Crippen MR) is 76.2 cm³/mol. The van der Waals surface area contributed by atoms with Crippen LogP contribution in [0.1, 0.15) is 18.4 Å². The van der Waals surface area contributed by atoms with Gasteiger partial charge in [0.25, 0.3) is 0 Å². The van der Waals surface area contributed by atoms with E-state index in [2.05, 4.69) is 21.2 Å². The van der Waals surface area contributed by atoms with E-state index in [1.807, 2.05) is 7.05 Å². The molecule has 104 valence electrons. The van der Waals surface area contributed by atoms with Crippen LogP contribution in [0.2, 0.25) is 0 Å². The van der Waals surface area contributed by atoms with Gasteiger partial charge in [0.2, 0.25) is 5.91 Å². The average molecular weight is 329 g/mol. The first kappa shape index (κ1) is 14.5.